The molecule has 2 nitrogen and oxygen atoms in total. The monoisotopic (exact) mass is 234 g/mol. The molecule has 92 valence electrons. The number of benzene rings is 1. The lowest BCUT2D eigenvalue weighted by Gasteiger charge is -2.13. The minimum Gasteiger partial charge on any atom is -0.298 e. The Bertz CT molecular complexity index is 407. The predicted molar refractivity (Wildman–Crippen MR) is 66.9 cm³/mol. The molecule has 0 spiro atoms. The van der Waals surface area contributed by atoms with Crippen molar-refractivity contribution < 1.29 is 4.39 Å². The molecule has 0 aromatic heterocycles. The molecule has 0 aliphatic rings. The van der Waals surface area contributed by atoms with Crippen molar-refractivity contribution >= 4 is 0 Å². The first kappa shape index (κ1) is 13.7. The molecule has 17 heavy (non-hydrogen) atoms. The molecule has 0 amide bonds. The fourth-order valence-corrected chi connectivity index (χ4v) is 1.60. The fourth-order valence-electron chi connectivity index (χ4n) is 1.60. The molecule has 0 heterocycles. The van der Waals surface area contributed by atoms with Crippen molar-refractivity contribution in [2.24, 2.45) is 5.92 Å². The summed E-state index contributed by atoms with van der Waals surface area (Å²) >= 11 is 0. The van der Waals surface area contributed by atoms with Crippen molar-refractivity contribution in [2.75, 3.05) is 6.54 Å². The van der Waals surface area contributed by atoms with Gasteiger partial charge in [-0.3, -0.25) is 5.32 Å². The van der Waals surface area contributed by atoms with Gasteiger partial charge in [-0.15, -0.1) is 0 Å². The third-order valence-electron chi connectivity index (χ3n) is 2.71. The van der Waals surface area contributed by atoms with Gasteiger partial charge in [-0.1, -0.05) is 26.0 Å². The van der Waals surface area contributed by atoms with E-state index in [2.05, 4.69) is 25.2 Å². The molecule has 1 atom stereocenters. The van der Waals surface area contributed by atoms with Crippen molar-refractivity contribution in [3.8, 4) is 6.07 Å². The second-order valence-corrected chi connectivity index (χ2v) is 4.71. The molecule has 0 fully saturated rings. The lowest BCUT2D eigenvalue weighted by Crippen LogP contribution is -2.22. The maximum Gasteiger partial charge on any atom is 0.126 e. The Labute approximate surface area is 102 Å². The first-order valence-corrected chi connectivity index (χ1v) is 5.93. The minimum absolute atomic E-state index is 0.229. The van der Waals surface area contributed by atoms with Crippen molar-refractivity contribution in [3.05, 3.63) is 35.1 Å². The van der Waals surface area contributed by atoms with E-state index in [1.807, 2.05) is 0 Å². The van der Waals surface area contributed by atoms with Gasteiger partial charge in [0.25, 0.3) is 0 Å². The van der Waals surface area contributed by atoms with Crippen LogP contribution in [-0.4, -0.2) is 6.54 Å². The Balaban J connectivity index is 2.67. The van der Waals surface area contributed by atoms with Crippen LogP contribution in [0.3, 0.4) is 0 Å². The van der Waals surface area contributed by atoms with E-state index in [0.717, 1.165) is 18.5 Å². The highest BCUT2D eigenvalue weighted by Gasteiger charge is 2.11. The van der Waals surface area contributed by atoms with E-state index in [1.165, 1.54) is 6.07 Å². The number of nitriles is 1. The summed E-state index contributed by atoms with van der Waals surface area (Å²) < 4.78 is 13.1. The van der Waals surface area contributed by atoms with E-state index < -0.39 is 0 Å². The van der Waals surface area contributed by atoms with Crippen molar-refractivity contribution in [1.82, 2.24) is 5.32 Å². The van der Waals surface area contributed by atoms with Crippen molar-refractivity contribution in [1.29, 1.82) is 5.26 Å². The maximum atomic E-state index is 13.1. The number of hydrogen-bond donors (Lipinski definition) is 1. The third-order valence-corrected chi connectivity index (χ3v) is 2.71. The molecule has 0 radical (unpaired) electrons. The van der Waals surface area contributed by atoms with E-state index in [-0.39, 0.29) is 11.9 Å². The van der Waals surface area contributed by atoms with Gasteiger partial charge < -0.3 is 0 Å². The Hall–Kier alpha value is -1.40. The van der Waals surface area contributed by atoms with Gasteiger partial charge in [-0.25, -0.2) is 4.39 Å². The SMILES string of the molecule is Cc1cc(C(C#N)NCCC(C)C)ccc1F. The largest absolute Gasteiger partial charge is 0.298 e. The van der Waals surface area contributed by atoms with E-state index in [4.69, 9.17) is 5.26 Å². The second-order valence-electron chi connectivity index (χ2n) is 4.71. The van der Waals surface area contributed by atoms with E-state index in [1.54, 1.807) is 19.1 Å². The molecule has 0 saturated heterocycles. The Morgan fingerprint density at radius 2 is 2.12 bits per heavy atom. The lowest BCUT2D eigenvalue weighted by molar-refractivity contribution is 0.518. The highest BCUT2D eigenvalue weighted by Crippen LogP contribution is 2.16. The number of nitrogens with zero attached hydrogens (tertiary/aromatic N) is 1. The summed E-state index contributed by atoms with van der Waals surface area (Å²) in [4.78, 5) is 0. The van der Waals surface area contributed by atoms with Crippen LogP contribution in [0.4, 0.5) is 4.39 Å². The first-order valence-electron chi connectivity index (χ1n) is 5.93. The number of halogens is 1. The minimum atomic E-state index is -0.354. The third kappa shape index (κ3) is 4.16. The molecular formula is C14H19FN2. The van der Waals surface area contributed by atoms with E-state index in [9.17, 15) is 4.39 Å². The number of aryl methyl sites for hydroxylation is 1. The van der Waals surface area contributed by atoms with Gasteiger partial charge in [0.1, 0.15) is 11.9 Å². The average molecular weight is 234 g/mol. The lowest BCUT2D eigenvalue weighted by atomic mass is 10.0. The van der Waals surface area contributed by atoms with Gasteiger partial charge in [-0.2, -0.15) is 5.26 Å². The molecular weight excluding hydrogens is 215 g/mol. The van der Waals surface area contributed by atoms with Gasteiger partial charge >= 0.3 is 0 Å². The Morgan fingerprint density at radius 1 is 1.41 bits per heavy atom. The molecule has 1 unspecified atom stereocenters. The fraction of sp³-hybridized carbons (Fsp3) is 0.500. The zero-order valence-electron chi connectivity index (χ0n) is 10.6. The molecule has 0 bridgehead atoms. The first-order chi connectivity index (χ1) is 8.04. The van der Waals surface area contributed by atoms with Crippen LogP contribution in [0.25, 0.3) is 0 Å². The summed E-state index contributed by atoms with van der Waals surface area (Å²) in [7, 11) is 0. The molecule has 0 saturated carbocycles. The molecule has 1 N–H and O–H groups in total. The standard InChI is InChI=1S/C14H19FN2/c1-10(2)6-7-17-14(9-16)12-4-5-13(15)11(3)8-12/h4-5,8,10,14,17H,6-7H2,1-3H3. The highest BCUT2D eigenvalue weighted by molar-refractivity contribution is 5.29. The molecule has 1 rings (SSSR count). The van der Waals surface area contributed by atoms with E-state index >= 15 is 0 Å². The number of hydrogen-bond acceptors (Lipinski definition) is 2. The summed E-state index contributed by atoms with van der Waals surface area (Å²) in [6.45, 7) is 6.80. The van der Waals surface area contributed by atoms with Crippen LogP contribution >= 0.6 is 0 Å². The van der Waals surface area contributed by atoms with Crippen molar-refractivity contribution in [2.45, 2.75) is 33.2 Å². The number of nitrogens with one attached hydrogen (secondary N) is 1. The molecule has 1 aromatic carbocycles. The molecule has 3 heteroatoms. The van der Waals surface area contributed by atoms with Gasteiger partial charge in [-0.05, 0) is 43.0 Å². The van der Waals surface area contributed by atoms with Crippen LogP contribution in [0, 0.1) is 30.0 Å². The summed E-state index contributed by atoms with van der Waals surface area (Å²) in [5.74, 6) is 0.379. The average Bonchev–Trinajstić information content (AvgIpc) is 2.28. The van der Waals surface area contributed by atoms with E-state index in [0.29, 0.717) is 11.5 Å². The maximum absolute atomic E-state index is 13.1. The molecule has 0 aliphatic heterocycles. The van der Waals surface area contributed by atoms with Crippen LogP contribution in [0.2, 0.25) is 0 Å². The summed E-state index contributed by atoms with van der Waals surface area (Å²) in [6.07, 6.45) is 1.03. The molecule has 0 aliphatic carbocycles. The normalized spacial score (nSPS) is 12.5. The summed E-state index contributed by atoms with van der Waals surface area (Å²) in [5.41, 5.74) is 1.41. The van der Waals surface area contributed by atoms with Crippen molar-refractivity contribution in [3.63, 3.8) is 0 Å². The summed E-state index contributed by atoms with van der Waals surface area (Å²) in [6, 6.07) is 6.66. The predicted octanol–water partition coefficient (Wildman–Crippen LogP) is 3.33. The second kappa shape index (κ2) is 6.36. The van der Waals surface area contributed by atoms with Gasteiger partial charge in [0.15, 0.2) is 0 Å². The zero-order valence-corrected chi connectivity index (χ0v) is 10.6. The van der Waals surface area contributed by atoms with Crippen LogP contribution in [0.1, 0.15) is 37.4 Å². The molecule has 1 aromatic rings. The Morgan fingerprint density at radius 3 is 2.65 bits per heavy atom. The van der Waals surface area contributed by atoms with Gasteiger partial charge in [0, 0.05) is 0 Å². The topological polar surface area (TPSA) is 35.8 Å². The van der Waals surface area contributed by atoms with Crippen LogP contribution in [-0.2, 0) is 0 Å². The van der Waals surface area contributed by atoms with Crippen LogP contribution in [0.15, 0.2) is 18.2 Å². The highest BCUT2D eigenvalue weighted by atomic mass is 19.1. The van der Waals surface area contributed by atoms with Gasteiger partial charge in [0.2, 0.25) is 0 Å². The zero-order chi connectivity index (χ0) is 12.8. The van der Waals surface area contributed by atoms with Crippen LogP contribution in [0.5, 0.6) is 0 Å². The van der Waals surface area contributed by atoms with Gasteiger partial charge in [0.05, 0.1) is 6.07 Å². The van der Waals surface area contributed by atoms with Crippen LogP contribution < -0.4 is 5.32 Å². The smallest absolute Gasteiger partial charge is 0.126 e. The quantitative estimate of drug-likeness (QED) is 0.848. The number of rotatable bonds is 5. The summed E-state index contributed by atoms with van der Waals surface area (Å²) in [5, 5.41) is 12.3. The Kier molecular flexibility index (Phi) is 5.11.